The number of rotatable bonds is 2. The number of anilines is 1. The lowest BCUT2D eigenvalue weighted by Crippen LogP contribution is -2.09. The molecule has 0 radical (unpaired) electrons. The van der Waals surface area contributed by atoms with Crippen LogP contribution in [-0.2, 0) is 13.2 Å². The first-order chi connectivity index (χ1) is 8.80. The van der Waals surface area contributed by atoms with Gasteiger partial charge in [-0.2, -0.15) is 18.3 Å². The average Bonchev–Trinajstić information content (AvgIpc) is 2.68. The van der Waals surface area contributed by atoms with E-state index in [-0.39, 0.29) is 16.9 Å². The lowest BCUT2D eigenvalue weighted by atomic mass is 10.0. The molecular formula is C12H10F3N3O. The third-order valence-electron chi connectivity index (χ3n) is 2.68. The van der Waals surface area contributed by atoms with Crippen molar-refractivity contribution in [2.45, 2.75) is 6.18 Å². The van der Waals surface area contributed by atoms with Crippen LogP contribution in [0.25, 0.3) is 0 Å². The molecule has 0 bridgehead atoms. The Bertz CT molecular complexity index is 631. The highest BCUT2D eigenvalue weighted by atomic mass is 19.4. The summed E-state index contributed by atoms with van der Waals surface area (Å²) in [6.45, 7) is 0. The van der Waals surface area contributed by atoms with Crippen LogP contribution in [0.3, 0.4) is 0 Å². The predicted molar refractivity (Wildman–Crippen MR) is 62.5 cm³/mol. The summed E-state index contributed by atoms with van der Waals surface area (Å²) in [6, 6.07) is 4.20. The molecule has 2 N–H and O–H groups in total. The van der Waals surface area contributed by atoms with E-state index in [1.165, 1.54) is 30.1 Å². The van der Waals surface area contributed by atoms with Crippen LogP contribution in [0.15, 0.2) is 30.5 Å². The Morgan fingerprint density at radius 1 is 1.37 bits per heavy atom. The fraction of sp³-hybridized carbons (Fsp3) is 0.167. The molecule has 0 spiro atoms. The van der Waals surface area contributed by atoms with E-state index in [4.69, 9.17) is 5.73 Å². The summed E-state index contributed by atoms with van der Waals surface area (Å²) in [5.41, 5.74) is 4.76. The standard InChI is InChI=1S/C12H10F3N3O/c1-18-11(16)9(6-17-18)10(19)7-3-2-4-8(5-7)12(13,14)15/h2-6H,16H2,1H3. The van der Waals surface area contributed by atoms with Crippen molar-refractivity contribution >= 4 is 11.6 Å². The Hall–Kier alpha value is -2.31. The molecule has 0 atom stereocenters. The van der Waals surface area contributed by atoms with Gasteiger partial charge in [0.2, 0.25) is 0 Å². The van der Waals surface area contributed by atoms with Crippen LogP contribution in [0.4, 0.5) is 19.0 Å². The number of ketones is 1. The first kappa shape index (κ1) is 13.1. The number of hydrogen-bond acceptors (Lipinski definition) is 3. The number of carbonyl (C=O) groups is 1. The van der Waals surface area contributed by atoms with Crippen molar-refractivity contribution in [2.75, 3.05) is 5.73 Å². The number of aryl methyl sites for hydroxylation is 1. The third-order valence-corrected chi connectivity index (χ3v) is 2.68. The summed E-state index contributed by atoms with van der Waals surface area (Å²) in [4.78, 5) is 12.1. The van der Waals surface area contributed by atoms with E-state index in [2.05, 4.69) is 5.10 Å². The predicted octanol–water partition coefficient (Wildman–Crippen LogP) is 2.25. The summed E-state index contributed by atoms with van der Waals surface area (Å²) < 4.78 is 39.0. The van der Waals surface area contributed by atoms with Crippen LogP contribution in [-0.4, -0.2) is 15.6 Å². The van der Waals surface area contributed by atoms with Crippen molar-refractivity contribution in [3.05, 3.63) is 47.2 Å². The van der Waals surface area contributed by atoms with E-state index in [0.29, 0.717) is 0 Å². The second kappa shape index (κ2) is 4.42. The molecule has 0 fully saturated rings. The van der Waals surface area contributed by atoms with Crippen molar-refractivity contribution in [2.24, 2.45) is 7.05 Å². The van der Waals surface area contributed by atoms with Gasteiger partial charge >= 0.3 is 6.18 Å². The fourth-order valence-electron chi connectivity index (χ4n) is 1.61. The van der Waals surface area contributed by atoms with Gasteiger partial charge < -0.3 is 5.73 Å². The maximum absolute atomic E-state index is 12.6. The van der Waals surface area contributed by atoms with Crippen LogP contribution >= 0.6 is 0 Å². The Kier molecular flexibility index (Phi) is 3.05. The molecule has 0 saturated carbocycles. The lowest BCUT2D eigenvalue weighted by Gasteiger charge is -2.08. The Balaban J connectivity index is 2.43. The number of carbonyl (C=O) groups excluding carboxylic acids is 1. The molecular weight excluding hydrogens is 259 g/mol. The number of halogens is 3. The Morgan fingerprint density at radius 3 is 2.58 bits per heavy atom. The first-order valence-electron chi connectivity index (χ1n) is 5.30. The molecule has 0 aliphatic carbocycles. The van der Waals surface area contributed by atoms with Crippen LogP contribution in [0.5, 0.6) is 0 Å². The van der Waals surface area contributed by atoms with Gasteiger partial charge in [-0.1, -0.05) is 12.1 Å². The van der Waals surface area contributed by atoms with E-state index in [1.807, 2.05) is 0 Å². The van der Waals surface area contributed by atoms with Crippen molar-refractivity contribution in [1.29, 1.82) is 0 Å². The lowest BCUT2D eigenvalue weighted by molar-refractivity contribution is -0.137. The zero-order valence-corrected chi connectivity index (χ0v) is 9.90. The number of alkyl halides is 3. The smallest absolute Gasteiger partial charge is 0.383 e. The molecule has 2 aromatic rings. The van der Waals surface area contributed by atoms with Gasteiger partial charge in [-0.3, -0.25) is 9.48 Å². The molecule has 0 amide bonds. The zero-order valence-electron chi connectivity index (χ0n) is 9.90. The van der Waals surface area contributed by atoms with Crippen molar-refractivity contribution in [3.8, 4) is 0 Å². The Morgan fingerprint density at radius 2 is 2.05 bits per heavy atom. The highest BCUT2D eigenvalue weighted by Gasteiger charge is 2.31. The second-order valence-corrected chi connectivity index (χ2v) is 3.97. The highest BCUT2D eigenvalue weighted by molar-refractivity contribution is 6.11. The Labute approximate surface area is 106 Å². The summed E-state index contributed by atoms with van der Waals surface area (Å²) in [5, 5.41) is 3.78. The molecule has 19 heavy (non-hydrogen) atoms. The van der Waals surface area contributed by atoms with Gasteiger partial charge in [0.15, 0.2) is 5.78 Å². The average molecular weight is 269 g/mol. The van der Waals surface area contributed by atoms with Crippen molar-refractivity contribution < 1.29 is 18.0 Å². The molecule has 0 unspecified atom stereocenters. The summed E-state index contributed by atoms with van der Waals surface area (Å²) in [7, 11) is 1.54. The molecule has 7 heteroatoms. The van der Waals surface area contributed by atoms with Crippen LogP contribution in [0.1, 0.15) is 21.5 Å². The molecule has 0 aliphatic rings. The number of nitrogen functional groups attached to an aromatic ring is 1. The second-order valence-electron chi connectivity index (χ2n) is 3.97. The van der Waals surface area contributed by atoms with Crippen LogP contribution in [0.2, 0.25) is 0 Å². The molecule has 0 aliphatic heterocycles. The van der Waals surface area contributed by atoms with Gasteiger partial charge in [-0.05, 0) is 12.1 Å². The van der Waals surface area contributed by atoms with Crippen LogP contribution in [0, 0.1) is 0 Å². The van der Waals surface area contributed by atoms with E-state index in [1.54, 1.807) is 0 Å². The fourth-order valence-corrected chi connectivity index (χ4v) is 1.61. The molecule has 1 aromatic carbocycles. The molecule has 0 saturated heterocycles. The minimum Gasteiger partial charge on any atom is -0.383 e. The topological polar surface area (TPSA) is 60.9 Å². The monoisotopic (exact) mass is 269 g/mol. The van der Waals surface area contributed by atoms with E-state index in [0.717, 1.165) is 12.1 Å². The molecule has 2 rings (SSSR count). The summed E-state index contributed by atoms with van der Waals surface area (Å²) in [6.07, 6.45) is -3.26. The number of aromatic nitrogens is 2. The zero-order chi connectivity index (χ0) is 14.2. The van der Waals surface area contributed by atoms with Gasteiger partial charge in [0.25, 0.3) is 0 Å². The summed E-state index contributed by atoms with van der Waals surface area (Å²) in [5.74, 6) is -0.473. The maximum Gasteiger partial charge on any atom is 0.416 e. The van der Waals surface area contributed by atoms with E-state index >= 15 is 0 Å². The van der Waals surface area contributed by atoms with Gasteiger partial charge in [0.05, 0.1) is 17.3 Å². The molecule has 4 nitrogen and oxygen atoms in total. The van der Waals surface area contributed by atoms with Crippen molar-refractivity contribution in [3.63, 3.8) is 0 Å². The minimum absolute atomic E-state index is 0.0745. The van der Waals surface area contributed by atoms with E-state index < -0.39 is 17.5 Å². The van der Waals surface area contributed by atoms with Gasteiger partial charge in [0.1, 0.15) is 5.82 Å². The minimum atomic E-state index is -4.49. The van der Waals surface area contributed by atoms with Crippen molar-refractivity contribution in [1.82, 2.24) is 9.78 Å². The number of nitrogens with zero attached hydrogens (tertiary/aromatic N) is 2. The number of benzene rings is 1. The first-order valence-corrected chi connectivity index (χ1v) is 5.30. The SMILES string of the molecule is Cn1ncc(C(=O)c2cccc(C(F)(F)F)c2)c1N. The van der Waals surface area contributed by atoms with E-state index in [9.17, 15) is 18.0 Å². The van der Waals surface area contributed by atoms with Crippen LogP contribution < -0.4 is 5.73 Å². The largest absolute Gasteiger partial charge is 0.416 e. The maximum atomic E-state index is 12.6. The normalized spacial score (nSPS) is 11.6. The molecule has 1 heterocycles. The molecule has 1 aromatic heterocycles. The van der Waals surface area contributed by atoms with Gasteiger partial charge in [0, 0.05) is 12.6 Å². The molecule has 100 valence electrons. The quantitative estimate of drug-likeness (QED) is 0.850. The highest BCUT2D eigenvalue weighted by Crippen LogP contribution is 2.30. The number of hydrogen-bond donors (Lipinski definition) is 1. The van der Waals surface area contributed by atoms with Gasteiger partial charge in [-0.15, -0.1) is 0 Å². The van der Waals surface area contributed by atoms with Gasteiger partial charge in [-0.25, -0.2) is 0 Å². The number of nitrogens with two attached hydrogens (primary N) is 1. The third kappa shape index (κ3) is 2.44. The summed E-state index contributed by atoms with van der Waals surface area (Å²) >= 11 is 0.